The van der Waals surface area contributed by atoms with Crippen molar-refractivity contribution in [2.24, 2.45) is 5.92 Å². The van der Waals surface area contributed by atoms with E-state index in [-0.39, 0.29) is 5.54 Å². The average Bonchev–Trinajstić information content (AvgIpc) is 3.10. The minimum atomic E-state index is -4.65. The van der Waals surface area contributed by atoms with Crippen LogP contribution < -0.4 is 5.32 Å². The van der Waals surface area contributed by atoms with Crippen molar-refractivity contribution in [3.8, 4) is 0 Å². The smallest absolute Gasteiger partial charge is 0.307 e. The Balaban J connectivity index is 2.09. The monoisotopic (exact) mass is 275 g/mol. The Labute approximate surface area is 110 Å². The molecule has 106 valence electrons. The minimum absolute atomic E-state index is 0.0905. The molecule has 19 heavy (non-hydrogen) atoms. The largest absolute Gasteiger partial charge is 0.419 e. The molecule has 0 atom stereocenters. The molecule has 0 bridgehead atoms. The Morgan fingerprint density at radius 1 is 1.21 bits per heavy atom. The zero-order valence-corrected chi connectivity index (χ0v) is 10.9. The van der Waals surface area contributed by atoms with Gasteiger partial charge in [-0.05, 0) is 50.3 Å². The van der Waals surface area contributed by atoms with Crippen LogP contribution in [0.2, 0.25) is 0 Å². The maximum absolute atomic E-state index is 13.1. The fourth-order valence-electron chi connectivity index (χ4n) is 2.18. The molecule has 1 nitrogen and oxygen atoms in total. The Hall–Kier alpha value is -1.10. The van der Waals surface area contributed by atoms with Gasteiger partial charge in [-0.15, -0.1) is 0 Å². The number of halogens is 4. The van der Waals surface area contributed by atoms with Crippen molar-refractivity contribution in [1.29, 1.82) is 0 Å². The highest BCUT2D eigenvalue weighted by atomic mass is 19.4. The van der Waals surface area contributed by atoms with Crippen molar-refractivity contribution < 1.29 is 17.6 Å². The number of hydrogen-bond donors (Lipinski definition) is 1. The first-order valence-electron chi connectivity index (χ1n) is 6.31. The van der Waals surface area contributed by atoms with Crippen molar-refractivity contribution in [3.05, 3.63) is 35.1 Å². The highest BCUT2D eigenvalue weighted by Crippen LogP contribution is 2.39. The maximum Gasteiger partial charge on any atom is 0.419 e. The van der Waals surface area contributed by atoms with Gasteiger partial charge in [0.1, 0.15) is 5.82 Å². The first kappa shape index (κ1) is 14.3. The SMILES string of the molecule is CC(C)(NCc1ccc(F)c(C(F)(F)F)c1)C1CC1. The Morgan fingerprint density at radius 3 is 2.37 bits per heavy atom. The normalized spacial score (nSPS) is 16.7. The summed E-state index contributed by atoms with van der Waals surface area (Å²) in [5.74, 6) is -0.646. The van der Waals surface area contributed by atoms with Gasteiger partial charge in [-0.2, -0.15) is 13.2 Å². The average molecular weight is 275 g/mol. The highest BCUT2D eigenvalue weighted by Gasteiger charge is 2.37. The predicted molar refractivity (Wildman–Crippen MR) is 65.0 cm³/mol. The molecule has 1 fully saturated rings. The lowest BCUT2D eigenvalue weighted by Crippen LogP contribution is -2.40. The Morgan fingerprint density at radius 2 is 1.84 bits per heavy atom. The maximum atomic E-state index is 13.1. The third-order valence-corrected chi connectivity index (χ3v) is 3.68. The van der Waals surface area contributed by atoms with E-state index in [2.05, 4.69) is 5.32 Å². The Kier molecular flexibility index (Phi) is 3.60. The molecule has 1 N–H and O–H groups in total. The Bertz CT molecular complexity index is 461. The van der Waals surface area contributed by atoms with Gasteiger partial charge in [0.2, 0.25) is 0 Å². The molecule has 0 aromatic heterocycles. The molecule has 0 aliphatic heterocycles. The fourth-order valence-corrected chi connectivity index (χ4v) is 2.18. The number of nitrogens with one attached hydrogen (secondary N) is 1. The number of rotatable bonds is 4. The molecule has 0 saturated heterocycles. The van der Waals surface area contributed by atoms with Gasteiger partial charge in [-0.3, -0.25) is 0 Å². The highest BCUT2D eigenvalue weighted by molar-refractivity contribution is 5.27. The van der Waals surface area contributed by atoms with Gasteiger partial charge in [0.15, 0.2) is 0 Å². The first-order valence-corrected chi connectivity index (χ1v) is 6.31. The molecule has 1 saturated carbocycles. The minimum Gasteiger partial charge on any atom is -0.307 e. The summed E-state index contributed by atoms with van der Waals surface area (Å²) in [6.45, 7) is 4.39. The van der Waals surface area contributed by atoms with Crippen molar-refractivity contribution in [3.63, 3.8) is 0 Å². The molecule has 1 aromatic rings. The van der Waals surface area contributed by atoms with Crippen LogP contribution in [-0.4, -0.2) is 5.54 Å². The quantitative estimate of drug-likeness (QED) is 0.815. The van der Waals surface area contributed by atoms with Gasteiger partial charge in [-0.25, -0.2) is 4.39 Å². The molecule has 1 aliphatic rings. The summed E-state index contributed by atoms with van der Waals surface area (Å²) in [6.07, 6.45) is -2.35. The molecule has 1 aliphatic carbocycles. The van der Waals surface area contributed by atoms with Gasteiger partial charge < -0.3 is 5.32 Å². The number of benzene rings is 1. The third-order valence-electron chi connectivity index (χ3n) is 3.68. The molecule has 1 aromatic carbocycles. The van der Waals surface area contributed by atoms with E-state index in [0.29, 0.717) is 18.0 Å². The summed E-state index contributed by atoms with van der Waals surface area (Å²) >= 11 is 0. The summed E-state index contributed by atoms with van der Waals surface area (Å²) in [7, 11) is 0. The molecule has 5 heteroatoms. The van der Waals surface area contributed by atoms with Crippen LogP contribution in [0.1, 0.15) is 37.8 Å². The van der Waals surface area contributed by atoms with Crippen molar-refractivity contribution in [1.82, 2.24) is 5.32 Å². The van der Waals surface area contributed by atoms with Gasteiger partial charge in [-0.1, -0.05) is 6.07 Å². The lowest BCUT2D eigenvalue weighted by molar-refractivity contribution is -0.140. The second-order valence-corrected chi connectivity index (χ2v) is 5.66. The summed E-state index contributed by atoms with van der Waals surface area (Å²) in [5.41, 5.74) is -0.842. The summed E-state index contributed by atoms with van der Waals surface area (Å²) in [4.78, 5) is 0. The van der Waals surface area contributed by atoms with E-state index in [1.165, 1.54) is 6.07 Å². The molecular weight excluding hydrogens is 258 g/mol. The second-order valence-electron chi connectivity index (χ2n) is 5.66. The van der Waals surface area contributed by atoms with Crippen molar-refractivity contribution in [2.75, 3.05) is 0 Å². The van der Waals surface area contributed by atoms with Crippen LogP contribution in [0.25, 0.3) is 0 Å². The van der Waals surface area contributed by atoms with Crippen LogP contribution >= 0.6 is 0 Å². The second kappa shape index (κ2) is 4.78. The zero-order valence-electron chi connectivity index (χ0n) is 10.9. The molecule has 0 heterocycles. The summed E-state index contributed by atoms with van der Waals surface area (Å²) < 4.78 is 50.9. The molecule has 2 rings (SSSR count). The van der Waals surface area contributed by atoms with Crippen LogP contribution in [0.15, 0.2) is 18.2 Å². The van der Waals surface area contributed by atoms with Crippen molar-refractivity contribution >= 4 is 0 Å². The van der Waals surface area contributed by atoms with Crippen LogP contribution in [0.4, 0.5) is 17.6 Å². The molecule has 0 radical (unpaired) electrons. The van der Waals surface area contributed by atoms with Gasteiger partial charge >= 0.3 is 6.18 Å². The lowest BCUT2D eigenvalue weighted by Gasteiger charge is -2.26. The standard InChI is InChI=1S/C14H17F4N/c1-13(2,10-4-5-10)19-8-9-3-6-12(15)11(7-9)14(16,17)18/h3,6-7,10,19H,4-5,8H2,1-2H3. The van der Waals surface area contributed by atoms with E-state index in [9.17, 15) is 17.6 Å². The zero-order chi connectivity index (χ0) is 14.3. The molecule has 0 unspecified atom stereocenters. The van der Waals surface area contributed by atoms with E-state index < -0.39 is 17.6 Å². The van der Waals surface area contributed by atoms with Gasteiger partial charge in [0, 0.05) is 12.1 Å². The van der Waals surface area contributed by atoms with Gasteiger partial charge in [0.05, 0.1) is 5.56 Å². The van der Waals surface area contributed by atoms with E-state index in [1.54, 1.807) is 0 Å². The van der Waals surface area contributed by atoms with Crippen LogP contribution in [0, 0.1) is 11.7 Å². The summed E-state index contributed by atoms with van der Waals surface area (Å²) in [6, 6.07) is 3.15. The molecule has 0 amide bonds. The first-order chi connectivity index (χ1) is 8.70. The van der Waals surface area contributed by atoms with Crippen LogP contribution in [-0.2, 0) is 12.7 Å². The number of alkyl halides is 3. The number of hydrogen-bond acceptors (Lipinski definition) is 1. The lowest BCUT2D eigenvalue weighted by atomic mass is 9.98. The molecule has 0 spiro atoms. The summed E-state index contributed by atoms with van der Waals surface area (Å²) in [5, 5.41) is 3.25. The molecular formula is C14H17F4N. The van der Waals surface area contributed by atoms with E-state index >= 15 is 0 Å². The third kappa shape index (κ3) is 3.47. The van der Waals surface area contributed by atoms with Crippen LogP contribution in [0.5, 0.6) is 0 Å². The fraction of sp³-hybridized carbons (Fsp3) is 0.571. The van der Waals surface area contributed by atoms with E-state index in [1.807, 2.05) is 13.8 Å². The van der Waals surface area contributed by atoms with E-state index in [0.717, 1.165) is 25.0 Å². The predicted octanol–water partition coefficient (Wildman–Crippen LogP) is 4.12. The van der Waals surface area contributed by atoms with E-state index in [4.69, 9.17) is 0 Å². The van der Waals surface area contributed by atoms with Crippen LogP contribution in [0.3, 0.4) is 0 Å². The topological polar surface area (TPSA) is 12.0 Å². The van der Waals surface area contributed by atoms with Crippen molar-refractivity contribution in [2.45, 2.75) is 44.9 Å². The van der Waals surface area contributed by atoms with Gasteiger partial charge in [0.25, 0.3) is 0 Å².